The molecule has 3 nitrogen and oxygen atoms in total. The van der Waals surface area contributed by atoms with E-state index >= 15 is 0 Å². The zero-order valence-electron chi connectivity index (χ0n) is 9.56. The monoisotopic (exact) mass is 220 g/mol. The van der Waals surface area contributed by atoms with Crippen molar-refractivity contribution in [2.24, 2.45) is 11.8 Å². The van der Waals surface area contributed by atoms with Crippen LogP contribution >= 0.6 is 0 Å². The summed E-state index contributed by atoms with van der Waals surface area (Å²) in [6, 6.07) is 6.04. The van der Waals surface area contributed by atoms with Gasteiger partial charge in [0, 0.05) is 0 Å². The third-order valence-corrected chi connectivity index (χ3v) is 3.20. The van der Waals surface area contributed by atoms with Crippen LogP contribution in [0.4, 0.5) is 0 Å². The van der Waals surface area contributed by atoms with Crippen LogP contribution in [0.2, 0.25) is 0 Å². The van der Waals surface area contributed by atoms with Crippen molar-refractivity contribution in [1.82, 2.24) is 0 Å². The number of rotatable bonds is 4. The first-order chi connectivity index (χ1) is 7.61. The molecule has 1 saturated carbocycles. The normalized spacial score (nSPS) is 22.9. The SMILES string of the molecule is COc1ccc(CC2CC2C(=O)O)cc1C. The smallest absolute Gasteiger partial charge is 0.306 e. The molecule has 1 aliphatic carbocycles. The Balaban J connectivity index is 2.01. The molecule has 2 unspecified atom stereocenters. The van der Waals surface area contributed by atoms with E-state index in [4.69, 9.17) is 9.84 Å². The van der Waals surface area contributed by atoms with Crippen molar-refractivity contribution in [3.63, 3.8) is 0 Å². The number of methoxy groups -OCH3 is 1. The highest BCUT2D eigenvalue weighted by molar-refractivity contribution is 5.73. The van der Waals surface area contributed by atoms with E-state index in [1.807, 2.05) is 19.1 Å². The van der Waals surface area contributed by atoms with Gasteiger partial charge in [0.15, 0.2) is 0 Å². The van der Waals surface area contributed by atoms with E-state index in [0.29, 0.717) is 5.92 Å². The van der Waals surface area contributed by atoms with Gasteiger partial charge in [-0.3, -0.25) is 4.79 Å². The summed E-state index contributed by atoms with van der Waals surface area (Å²) in [5, 5.41) is 8.82. The van der Waals surface area contributed by atoms with E-state index < -0.39 is 5.97 Å². The molecule has 0 amide bonds. The average Bonchev–Trinajstić information content (AvgIpc) is 2.97. The second-order valence-corrected chi connectivity index (χ2v) is 4.45. The maximum absolute atomic E-state index is 10.7. The molecule has 16 heavy (non-hydrogen) atoms. The number of carboxylic acids is 1. The Morgan fingerprint density at radius 3 is 2.81 bits per heavy atom. The van der Waals surface area contributed by atoms with E-state index in [-0.39, 0.29) is 5.92 Å². The first kappa shape index (κ1) is 11.0. The minimum atomic E-state index is -0.657. The molecule has 2 rings (SSSR count). The highest BCUT2D eigenvalue weighted by Gasteiger charge is 2.42. The number of ether oxygens (including phenoxy) is 1. The third-order valence-electron chi connectivity index (χ3n) is 3.20. The van der Waals surface area contributed by atoms with Crippen molar-refractivity contribution in [2.45, 2.75) is 19.8 Å². The lowest BCUT2D eigenvalue weighted by molar-refractivity contribution is -0.138. The van der Waals surface area contributed by atoms with Crippen LogP contribution in [0.3, 0.4) is 0 Å². The maximum atomic E-state index is 10.7. The summed E-state index contributed by atoms with van der Waals surface area (Å²) >= 11 is 0. The predicted molar refractivity (Wildman–Crippen MR) is 60.7 cm³/mol. The highest BCUT2D eigenvalue weighted by Crippen LogP contribution is 2.41. The fourth-order valence-electron chi connectivity index (χ4n) is 2.15. The van der Waals surface area contributed by atoms with Gasteiger partial charge in [-0.05, 0) is 42.9 Å². The molecule has 1 N–H and O–H groups in total. The second kappa shape index (κ2) is 4.16. The largest absolute Gasteiger partial charge is 0.496 e. The van der Waals surface area contributed by atoms with Crippen molar-refractivity contribution < 1.29 is 14.6 Å². The van der Waals surface area contributed by atoms with Crippen molar-refractivity contribution in [1.29, 1.82) is 0 Å². The minimum absolute atomic E-state index is 0.123. The Labute approximate surface area is 95.0 Å². The molecule has 2 atom stereocenters. The summed E-state index contributed by atoms with van der Waals surface area (Å²) in [6.07, 6.45) is 1.68. The van der Waals surface area contributed by atoms with Crippen LogP contribution in [0.5, 0.6) is 5.75 Å². The van der Waals surface area contributed by atoms with Crippen LogP contribution in [0.15, 0.2) is 18.2 Å². The topological polar surface area (TPSA) is 46.5 Å². The Bertz CT molecular complexity index is 412. The summed E-state index contributed by atoms with van der Waals surface area (Å²) in [7, 11) is 1.66. The summed E-state index contributed by atoms with van der Waals surface area (Å²) < 4.78 is 5.19. The Hall–Kier alpha value is -1.51. The number of carboxylic acid groups (broad SMARTS) is 1. The summed E-state index contributed by atoms with van der Waals surface area (Å²) in [5.74, 6) is 0.428. The summed E-state index contributed by atoms with van der Waals surface area (Å²) in [4.78, 5) is 10.7. The summed E-state index contributed by atoms with van der Waals surface area (Å²) in [5.41, 5.74) is 2.31. The first-order valence-corrected chi connectivity index (χ1v) is 5.48. The molecule has 0 aromatic heterocycles. The molecule has 0 spiro atoms. The van der Waals surface area contributed by atoms with Gasteiger partial charge in [0.2, 0.25) is 0 Å². The quantitative estimate of drug-likeness (QED) is 0.846. The number of aryl methyl sites for hydroxylation is 1. The molecule has 1 aliphatic rings. The standard InChI is InChI=1S/C13H16O3/c1-8-5-9(3-4-12(8)16-2)6-10-7-11(10)13(14)15/h3-5,10-11H,6-7H2,1-2H3,(H,14,15). The van der Waals surface area contributed by atoms with Crippen LogP contribution in [0.1, 0.15) is 17.5 Å². The van der Waals surface area contributed by atoms with Gasteiger partial charge in [-0.25, -0.2) is 0 Å². The lowest BCUT2D eigenvalue weighted by Crippen LogP contribution is -2.01. The third kappa shape index (κ3) is 2.18. The number of benzene rings is 1. The predicted octanol–water partition coefficient (Wildman–Crippen LogP) is 2.27. The van der Waals surface area contributed by atoms with Gasteiger partial charge < -0.3 is 9.84 Å². The highest BCUT2D eigenvalue weighted by atomic mass is 16.5. The summed E-state index contributed by atoms with van der Waals surface area (Å²) in [6.45, 7) is 2.00. The minimum Gasteiger partial charge on any atom is -0.496 e. The number of hydrogen-bond donors (Lipinski definition) is 1. The molecule has 0 heterocycles. The number of hydrogen-bond acceptors (Lipinski definition) is 2. The van der Waals surface area contributed by atoms with E-state index in [1.54, 1.807) is 7.11 Å². The van der Waals surface area contributed by atoms with Crippen molar-refractivity contribution in [2.75, 3.05) is 7.11 Å². The van der Waals surface area contributed by atoms with Crippen molar-refractivity contribution >= 4 is 5.97 Å². The van der Waals surface area contributed by atoms with Gasteiger partial charge in [0.25, 0.3) is 0 Å². The molecule has 1 aromatic rings. The molecule has 0 saturated heterocycles. The Kier molecular flexibility index (Phi) is 2.86. The van der Waals surface area contributed by atoms with E-state index in [0.717, 1.165) is 24.2 Å². The van der Waals surface area contributed by atoms with Crippen LogP contribution in [-0.4, -0.2) is 18.2 Å². The average molecular weight is 220 g/mol. The Morgan fingerprint density at radius 1 is 1.56 bits per heavy atom. The molecule has 1 aromatic carbocycles. The van der Waals surface area contributed by atoms with E-state index in [1.165, 1.54) is 5.56 Å². The van der Waals surface area contributed by atoms with Crippen LogP contribution in [0, 0.1) is 18.8 Å². The van der Waals surface area contributed by atoms with Crippen molar-refractivity contribution in [3.8, 4) is 5.75 Å². The lowest BCUT2D eigenvalue weighted by Gasteiger charge is -2.06. The maximum Gasteiger partial charge on any atom is 0.306 e. The molecule has 3 heteroatoms. The van der Waals surface area contributed by atoms with E-state index in [2.05, 4.69) is 6.07 Å². The van der Waals surface area contributed by atoms with Gasteiger partial charge in [0.1, 0.15) is 5.75 Å². The zero-order chi connectivity index (χ0) is 11.7. The van der Waals surface area contributed by atoms with E-state index in [9.17, 15) is 4.79 Å². The number of carbonyl (C=O) groups is 1. The van der Waals surface area contributed by atoms with Gasteiger partial charge in [-0.2, -0.15) is 0 Å². The van der Waals surface area contributed by atoms with Crippen LogP contribution in [-0.2, 0) is 11.2 Å². The lowest BCUT2D eigenvalue weighted by atomic mass is 10.0. The molecule has 86 valence electrons. The molecule has 1 fully saturated rings. The van der Waals surface area contributed by atoms with Crippen LogP contribution < -0.4 is 4.74 Å². The molecule has 0 aliphatic heterocycles. The van der Waals surface area contributed by atoms with Gasteiger partial charge in [-0.1, -0.05) is 12.1 Å². The van der Waals surface area contributed by atoms with Gasteiger partial charge >= 0.3 is 5.97 Å². The molecular formula is C13H16O3. The van der Waals surface area contributed by atoms with Gasteiger partial charge in [-0.15, -0.1) is 0 Å². The van der Waals surface area contributed by atoms with Gasteiger partial charge in [0.05, 0.1) is 13.0 Å². The second-order valence-electron chi connectivity index (χ2n) is 4.45. The first-order valence-electron chi connectivity index (χ1n) is 5.48. The van der Waals surface area contributed by atoms with Crippen molar-refractivity contribution in [3.05, 3.63) is 29.3 Å². The Morgan fingerprint density at radius 2 is 2.31 bits per heavy atom. The number of aliphatic carboxylic acids is 1. The molecule has 0 bridgehead atoms. The fourth-order valence-corrected chi connectivity index (χ4v) is 2.15. The molecule has 0 radical (unpaired) electrons. The van der Waals surface area contributed by atoms with Crippen LogP contribution in [0.25, 0.3) is 0 Å². The fraction of sp³-hybridized carbons (Fsp3) is 0.462. The zero-order valence-corrected chi connectivity index (χ0v) is 9.56. The molecular weight excluding hydrogens is 204 g/mol.